The Bertz CT molecular complexity index is 517. The van der Waals surface area contributed by atoms with Gasteiger partial charge in [0.15, 0.2) is 0 Å². The Morgan fingerprint density at radius 3 is 2.90 bits per heavy atom. The molecular formula is C17H24N2O2. The topological polar surface area (TPSA) is 50.4 Å². The van der Waals surface area contributed by atoms with Crippen molar-refractivity contribution >= 4 is 11.6 Å². The van der Waals surface area contributed by atoms with Gasteiger partial charge in [-0.3, -0.25) is 4.79 Å². The van der Waals surface area contributed by atoms with Crippen molar-refractivity contribution in [1.82, 2.24) is 5.32 Å². The lowest BCUT2D eigenvalue weighted by Gasteiger charge is -2.33. The maximum atomic E-state index is 12.7. The molecular weight excluding hydrogens is 264 g/mol. The second-order valence-corrected chi connectivity index (χ2v) is 6.33. The van der Waals surface area contributed by atoms with Gasteiger partial charge in [-0.05, 0) is 44.7 Å². The Balaban J connectivity index is 1.72. The molecule has 114 valence electrons. The largest absolute Gasteiger partial charge is 0.382 e. The third-order valence-electron chi connectivity index (χ3n) is 4.48. The van der Waals surface area contributed by atoms with Crippen LogP contribution in [0, 0.1) is 0 Å². The second-order valence-electron chi connectivity index (χ2n) is 6.33. The molecule has 0 saturated carbocycles. The van der Waals surface area contributed by atoms with Gasteiger partial charge in [-0.2, -0.15) is 0 Å². The third kappa shape index (κ3) is 3.21. The van der Waals surface area contributed by atoms with Gasteiger partial charge in [0.1, 0.15) is 0 Å². The highest BCUT2D eigenvalue weighted by atomic mass is 16.5. The number of ether oxygens (including phenoxy) is 1. The van der Waals surface area contributed by atoms with E-state index in [4.69, 9.17) is 4.74 Å². The van der Waals surface area contributed by atoms with Crippen LogP contribution in [-0.4, -0.2) is 30.7 Å². The summed E-state index contributed by atoms with van der Waals surface area (Å²) in [6, 6.07) is 8.71. The summed E-state index contributed by atoms with van der Waals surface area (Å²) in [7, 11) is 0. The summed E-state index contributed by atoms with van der Waals surface area (Å²) in [6.45, 7) is 4.94. The Hall–Kier alpha value is -1.55. The van der Waals surface area contributed by atoms with Gasteiger partial charge in [-0.1, -0.05) is 18.2 Å². The van der Waals surface area contributed by atoms with E-state index >= 15 is 0 Å². The molecule has 1 fully saturated rings. The number of nitrogens with one attached hydrogen (secondary N) is 2. The quantitative estimate of drug-likeness (QED) is 0.879. The van der Waals surface area contributed by atoms with Crippen LogP contribution in [0.3, 0.4) is 0 Å². The van der Waals surface area contributed by atoms with E-state index in [1.807, 2.05) is 12.1 Å². The van der Waals surface area contributed by atoms with Gasteiger partial charge in [-0.15, -0.1) is 0 Å². The van der Waals surface area contributed by atoms with E-state index in [0.717, 1.165) is 37.1 Å². The van der Waals surface area contributed by atoms with E-state index in [2.05, 4.69) is 36.6 Å². The molecule has 3 rings (SSSR count). The fourth-order valence-electron chi connectivity index (χ4n) is 3.42. The molecule has 21 heavy (non-hydrogen) atoms. The number of anilines is 1. The fourth-order valence-corrected chi connectivity index (χ4v) is 3.42. The Kier molecular flexibility index (Phi) is 4.15. The van der Waals surface area contributed by atoms with Gasteiger partial charge >= 0.3 is 0 Å². The number of carbonyl (C=O) groups is 1. The van der Waals surface area contributed by atoms with Gasteiger partial charge < -0.3 is 15.4 Å². The predicted molar refractivity (Wildman–Crippen MR) is 83.5 cm³/mol. The molecule has 0 bridgehead atoms. The van der Waals surface area contributed by atoms with E-state index < -0.39 is 0 Å². The van der Waals surface area contributed by atoms with Crippen LogP contribution < -0.4 is 10.6 Å². The second kappa shape index (κ2) is 6.06. The van der Waals surface area contributed by atoms with Crippen molar-refractivity contribution in [3.8, 4) is 0 Å². The van der Waals surface area contributed by atoms with Gasteiger partial charge in [-0.25, -0.2) is 0 Å². The molecule has 2 aliphatic rings. The Labute approximate surface area is 126 Å². The third-order valence-corrected chi connectivity index (χ3v) is 4.48. The fraction of sp³-hybridized carbons (Fsp3) is 0.588. The van der Waals surface area contributed by atoms with Crippen molar-refractivity contribution in [1.29, 1.82) is 0 Å². The van der Waals surface area contributed by atoms with Crippen LogP contribution in [0.15, 0.2) is 24.3 Å². The summed E-state index contributed by atoms with van der Waals surface area (Å²) in [4.78, 5) is 12.7. The first-order valence-corrected chi connectivity index (χ1v) is 7.91. The first-order chi connectivity index (χ1) is 10.1. The summed E-state index contributed by atoms with van der Waals surface area (Å²) in [5.74, 6) is 0.116. The maximum Gasteiger partial charge on any atom is 0.227 e. The Morgan fingerprint density at radius 1 is 1.29 bits per heavy atom. The van der Waals surface area contributed by atoms with E-state index in [9.17, 15) is 4.79 Å². The van der Waals surface area contributed by atoms with Crippen molar-refractivity contribution in [2.75, 3.05) is 11.9 Å². The molecule has 2 heterocycles. The van der Waals surface area contributed by atoms with Gasteiger partial charge in [0.2, 0.25) is 5.91 Å². The minimum atomic E-state index is -0.0457. The first-order valence-electron chi connectivity index (χ1n) is 7.91. The molecule has 1 aromatic rings. The molecule has 2 aliphatic heterocycles. The van der Waals surface area contributed by atoms with Gasteiger partial charge in [0.05, 0.1) is 12.0 Å². The zero-order valence-electron chi connectivity index (χ0n) is 12.8. The lowest BCUT2D eigenvalue weighted by Crippen LogP contribution is -2.44. The predicted octanol–water partition coefficient (Wildman–Crippen LogP) is 2.66. The van der Waals surface area contributed by atoms with Crippen LogP contribution in [-0.2, 0) is 9.53 Å². The van der Waals surface area contributed by atoms with Crippen molar-refractivity contribution in [3.05, 3.63) is 29.8 Å². The first kappa shape index (κ1) is 14.4. The molecule has 0 aromatic heterocycles. The van der Waals surface area contributed by atoms with Crippen LogP contribution in [0.25, 0.3) is 0 Å². The zero-order valence-corrected chi connectivity index (χ0v) is 12.8. The highest BCUT2D eigenvalue weighted by Gasteiger charge is 2.31. The SMILES string of the molecule is CC1CC(C(=O)NC2CCOC(C)C2)c2ccccc2N1. The summed E-state index contributed by atoms with van der Waals surface area (Å²) >= 11 is 0. The number of hydrogen-bond donors (Lipinski definition) is 2. The lowest BCUT2D eigenvalue weighted by molar-refractivity contribution is -0.124. The molecule has 0 spiro atoms. The molecule has 4 unspecified atom stereocenters. The van der Waals surface area contributed by atoms with Gasteiger partial charge in [0.25, 0.3) is 0 Å². The summed E-state index contributed by atoms with van der Waals surface area (Å²) in [6.07, 6.45) is 2.91. The van der Waals surface area contributed by atoms with E-state index in [-0.39, 0.29) is 24.0 Å². The minimum Gasteiger partial charge on any atom is -0.382 e. The average molecular weight is 288 g/mol. The molecule has 0 radical (unpaired) electrons. The number of amides is 1. The number of fused-ring (bicyclic) bond motifs is 1. The van der Waals surface area contributed by atoms with Crippen LogP contribution >= 0.6 is 0 Å². The standard InChI is InChI=1S/C17H24N2O2/c1-11-9-15(14-5-3-4-6-16(14)18-11)17(20)19-13-7-8-21-12(2)10-13/h3-6,11-13,15,18H,7-10H2,1-2H3,(H,19,20). The summed E-state index contributed by atoms with van der Waals surface area (Å²) < 4.78 is 5.55. The molecule has 0 aliphatic carbocycles. The van der Waals surface area contributed by atoms with Crippen molar-refractivity contribution in [2.24, 2.45) is 0 Å². The van der Waals surface area contributed by atoms with Crippen molar-refractivity contribution in [3.63, 3.8) is 0 Å². The zero-order chi connectivity index (χ0) is 14.8. The highest BCUT2D eigenvalue weighted by Crippen LogP contribution is 2.34. The number of benzene rings is 1. The molecule has 1 saturated heterocycles. The number of rotatable bonds is 2. The Morgan fingerprint density at radius 2 is 2.10 bits per heavy atom. The normalized spacial score (nSPS) is 31.9. The molecule has 2 N–H and O–H groups in total. The van der Waals surface area contributed by atoms with E-state index in [0.29, 0.717) is 6.04 Å². The number of hydrogen-bond acceptors (Lipinski definition) is 3. The minimum absolute atomic E-state index is 0.0457. The number of carbonyl (C=O) groups excluding carboxylic acids is 1. The monoisotopic (exact) mass is 288 g/mol. The molecule has 1 aromatic carbocycles. The van der Waals surface area contributed by atoms with Gasteiger partial charge in [0, 0.05) is 24.4 Å². The lowest BCUT2D eigenvalue weighted by atomic mass is 9.86. The number of para-hydroxylation sites is 1. The van der Waals surface area contributed by atoms with Crippen LogP contribution in [0.4, 0.5) is 5.69 Å². The molecule has 4 heteroatoms. The molecule has 1 amide bonds. The van der Waals surface area contributed by atoms with Crippen molar-refractivity contribution in [2.45, 2.75) is 57.2 Å². The average Bonchev–Trinajstić information content (AvgIpc) is 2.46. The van der Waals surface area contributed by atoms with Crippen LogP contribution in [0.2, 0.25) is 0 Å². The van der Waals surface area contributed by atoms with Crippen LogP contribution in [0.5, 0.6) is 0 Å². The molecule has 4 atom stereocenters. The van der Waals surface area contributed by atoms with Crippen LogP contribution in [0.1, 0.15) is 44.6 Å². The summed E-state index contributed by atoms with van der Waals surface area (Å²) in [5, 5.41) is 6.69. The summed E-state index contributed by atoms with van der Waals surface area (Å²) in [5.41, 5.74) is 2.21. The maximum absolute atomic E-state index is 12.7. The highest BCUT2D eigenvalue weighted by molar-refractivity contribution is 5.86. The molecule has 4 nitrogen and oxygen atoms in total. The smallest absolute Gasteiger partial charge is 0.227 e. The van der Waals surface area contributed by atoms with E-state index in [1.165, 1.54) is 0 Å². The van der Waals surface area contributed by atoms with Crippen molar-refractivity contribution < 1.29 is 9.53 Å². The van der Waals surface area contributed by atoms with E-state index in [1.54, 1.807) is 0 Å².